The average molecular weight is 319 g/mol. The van der Waals surface area contributed by atoms with Gasteiger partial charge in [-0.1, -0.05) is 0 Å². The van der Waals surface area contributed by atoms with Crippen LogP contribution in [0.3, 0.4) is 0 Å². The Morgan fingerprint density at radius 3 is 2.09 bits per heavy atom. The van der Waals surface area contributed by atoms with E-state index in [0.29, 0.717) is 28.5 Å². The van der Waals surface area contributed by atoms with Crippen LogP contribution in [0.15, 0.2) is 12.1 Å². The molecule has 124 valence electrons. The SMILES string of the molecule is COc1cc(OC)c(C(=O)Nc2c(C)nn(C)c2C)cc1OC. The maximum atomic E-state index is 12.7. The van der Waals surface area contributed by atoms with E-state index in [1.165, 1.54) is 21.3 Å². The molecule has 0 saturated heterocycles. The highest BCUT2D eigenvalue weighted by Gasteiger charge is 2.20. The maximum absolute atomic E-state index is 12.7. The summed E-state index contributed by atoms with van der Waals surface area (Å²) in [5, 5.41) is 7.17. The van der Waals surface area contributed by atoms with Crippen LogP contribution in [-0.2, 0) is 7.05 Å². The monoisotopic (exact) mass is 319 g/mol. The summed E-state index contributed by atoms with van der Waals surface area (Å²) in [5.74, 6) is 1.05. The molecule has 1 aromatic heterocycles. The molecule has 0 aliphatic carbocycles. The van der Waals surface area contributed by atoms with Crippen molar-refractivity contribution < 1.29 is 19.0 Å². The predicted molar refractivity (Wildman–Crippen MR) is 86.7 cm³/mol. The molecule has 1 aromatic carbocycles. The van der Waals surface area contributed by atoms with Crippen molar-refractivity contribution >= 4 is 11.6 Å². The Hall–Kier alpha value is -2.70. The van der Waals surface area contributed by atoms with Crippen molar-refractivity contribution in [1.29, 1.82) is 0 Å². The van der Waals surface area contributed by atoms with E-state index < -0.39 is 0 Å². The number of nitrogens with zero attached hydrogens (tertiary/aromatic N) is 2. The highest BCUT2D eigenvalue weighted by molar-refractivity contribution is 6.07. The number of anilines is 1. The molecule has 7 nitrogen and oxygen atoms in total. The number of aromatic nitrogens is 2. The van der Waals surface area contributed by atoms with E-state index in [9.17, 15) is 4.79 Å². The van der Waals surface area contributed by atoms with Gasteiger partial charge in [-0.2, -0.15) is 5.10 Å². The fourth-order valence-corrected chi connectivity index (χ4v) is 2.34. The number of rotatable bonds is 5. The quantitative estimate of drug-likeness (QED) is 0.915. The lowest BCUT2D eigenvalue weighted by Crippen LogP contribution is -2.15. The number of ether oxygens (including phenoxy) is 3. The third kappa shape index (κ3) is 3.08. The number of nitrogens with one attached hydrogen (secondary N) is 1. The number of benzene rings is 1. The molecule has 0 unspecified atom stereocenters. The number of aryl methyl sites for hydroxylation is 2. The molecule has 1 amide bonds. The third-order valence-electron chi connectivity index (χ3n) is 3.70. The van der Waals surface area contributed by atoms with Crippen molar-refractivity contribution in [2.24, 2.45) is 7.05 Å². The zero-order chi connectivity index (χ0) is 17.1. The molecule has 0 bridgehead atoms. The Bertz CT molecular complexity index is 737. The van der Waals surface area contributed by atoms with Gasteiger partial charge in [0.1, 0.15) is 5.75 Å². The highest BCUT2D eigenvalue weighted by atomic mass is 16.5. The highest BCUT2D eigenvalue weighted by Crippen LogP contribution is 2.35. The molecule has 0 saturated carbocycles. The van der Waals surface area contributed by atoms with E-state index in [1.807, 2.05) is 20.9 Å². The molecule has 7 heteroatoms. The summed E-state index contributed by atoms with van der Waals surface area (Å²) in [7, 11) is 6.37. The largest absolute Gasteiger partial charge is 0.496 e. The molecule has 0 radical (unpaired) electrons. The van der Waals surface area contributed by atoms with E-state index in [4.69, 9.17) is 14.2 Å². The van der Waals surface area contributed by atoms with Gasteiger partial charge in [0.25, 0.3) is 5.91 Å². The van der Waals surface area contributed by atoms with Crippen LogP contribution in [0, 0.1) is 13.8 Å². The molecule has 0 spiro atoms. The first-order valence-corrected chi connectivity index (χ1v) is 7.04. The smallest absolute Gasteiger partial charge is 0.259 e. The van der Waals surface area contributed by atoms with E-state index in [1.54, 1.807) is 16.8 Å². The fraction of sp³-hybridized carbons (Fsp3) is 0.375. The first kappa shape index (κ1) is 16.7. The standard InChI is InChI=1S/C16H21N3O4/c1-9-15(10(2)19(3)18-9)17-16(20)11-7-13(22-5)14(23-6)8-12(11)21-4/h7-8H,1-6H3,(H,17,20). The second kappa shape index (κ2) is 6.60. The number of carbonyl (C=O) groups is 1. The number of methoxy groups -OCH3 is 3. The van der Waals surface area contributed by atoms with Gasteiger partial charge in [0.15, 0.2) is 11.5 Å². The predicted octanol–water partition coefficient (Wildman–Crippen LogP) is 2.32. The van der Waals surface area contributed by atoms with Crippen LogP contribution in [0.2, 0.25) is 0 Å². The minimum absolute atomic E-state index is 0.304. The van der Waals surface area contributed by atoms with Crippen LogP contribution in [-0.4, -0.2) is 37.0 Å². The molecule has 2 rings (SSSR count). The summed E-state index contributed by atoms with van der Waals surface area (Å²) < 4.78 is 17.5. The second-order valence-corrected chi connectivity index (χ2v) is 5.03. The molecular formula is C16H21N3O4. The van der Waals surface area contributed by atoms with Gasteiger partial charge in [-0.05, 0) is 13.8 Å². The minimum atomic E-state index is -0.304. The maximum Gasteiger partial charge on any atom is 0.259 e. The van der Waals surface area contributed by atoms with E-state index in [2.05, 4.69) is 10.4 Å². The van der Waals surface area contributed by atoms with Crippen molar-refractivity contribution in [3.8, 4) is 17.2 Å². The van der Waals surface area contributed by atoms with Gasteiger partial charge in [-0.15, -0.1) is 0 Å². The summed E-state index contributed by atoms with van der Waals surface area (Å²) in [6, 6.07) is 3.21. The van der Waals surface area contributed by atoms with E-state index >= 15 is 0 Å². The molecule has 0 aliphatic heterocycles. The third-order valence-corrected chi connectivity index (χ3v) is 3.70. The van der Waals surface area contributed by atoms with Gasteiger partial charge in [0.05, 0.1) is 44.0 Å². The number of carbonyl (C=O) groups excluding carboxylic acids is 1. The van der Waals surface area contributed by atoms with Crippen LogP contribution in [0.25, 0.3) is 0 Å². The van der Waals surface area contributed by atoms with Gasteiger partial charge in [-0.25, -0.2) is 0 Å². The Balaban J connectivity index is 2.42. The molecular weight excluding hydrogens is 298 g/mol. The molecule has 1 N–H and O–H groups in total. The van der Waals surface area contributed by atoms with E-state index in [-0.39, 0.29) is 5.91 Å². The number of amides is 1. The molecule has 0 atom stereocenters. The second-order valence-electron chi connectivity index (χ2n) is 5.03. The topological polar surface area (TPSA) is 74.6 Å². The Morgan fingerprint density at radius 1 is 1.04 bits per heavy atom. The van der Waals surface area contributed by atoms with Crippen molar-refractivity contribution in [3.05, 3.63) is 29.1 Å². The number of hydrogen-bond acceptors (Lipinski definition) is 5. The summed E-state index contributed by atoms with van der Waals surface area (Å²) in [4.78, 5) is 12.7. The van der Waals surface area contributed by atoms with Crippen molar-refractivity contribution in [2.45, 2.75) is 13.8 Å². The van der Waals surface area contributed by atoms with Crippen molar-refractivity contribution in [1.82, 2.24) is 9.78 Å². The van der Waals surface area contributed by atoms with E-state index in [0.717, 1.165) is 11.4 Å². The minimum Gasteiger partial charge on any atom is -0.496 e. The van der Waals surface area contributed by atoms with Crippen LogP contribution in [0.1, 0.15) is 21.7 Å². The van der Waals surface area contributed by atoms with Crippen molar-refractivity contribution in [3.63, 3.8) is 0 Å². The van der Waals surface area contributed by atoms with Crippen LogP contribution >= 0.6 is 0 Å². The molecule has 0 fully saturated rings. The average Bonchev–Trinajstić information content (AvgIpc) is 2.79. The van der Waals surface area contributed by atoms with Crippen LogP contribution in [0.4, 0.5) is 5.69 Å². The first-order chi connectivity index (χ1) is 10.9. The summed E-state index contributed by atoms with van der Waals surface area (Å²) in [6.07, 6.45) is 0. The molecule has 0 aliphatic rings. The molecule has 23 heavy (non-hydrogen) atoms. The Morgan fingerprint density at radius 2 is 1.61 bits per heavy atom. The molecule has 1 heterocycles. The van der Waals surface area contributed by atoms with Crippen molar-refractivity contribution in [2.75, 3.05) is 26.6 Å². The van der Waals surface area contributed by atoms with Crippen LogP contribution in [0.5, 0.6) is 17.2 Å². The van der Waals surface area contributed by atoms with Gasteiger partial charge in [0, 0.05) is 19.2 Å². The summed E-state index contributed by atoms with van der Waals surface area (Å²) in [6.45, 7) is 3.73. The first-order valence-electron chi connectivity index (χ1n) is 7.04. The Kier molecular flexibility index (Phi) is 4.78. The van der Waals surface area contributed by atoms with Gasteiger partial charge < -0.3 is 19.5 Å². The molecule has 2 aromatic rings. The van der Waals surface area contributed by atoms with Gasteiger partial charge in [-0.3, -0.25) is 9.48 Å². The van der Waals surface area contributed by atoms with Gasteiger partial charge in [0.2, 0.25) is 0 Å². The normalized spacial score (nSPS) is 10.3. The lowest BCUT2D eigenvalue weighted by Gasteiger charge is -2.14. The Labute approximate surface area is 135 Å². The van der Waals surface area contributed by atoms with Gasteiger partial charge >= 0.3 is 0 Å². The summed E-state index contributed by atoms with van der Waals surface area (Å²) in [5.41, 5.74) is 2.66. The zero-order valence-electron chi connectivity index (χ0n) is 14.2. The summed E-state index contributed by atoms with van der Waals surface area (Å²) >= 11 is 0. The number of hydrogen-bond donors (Lipinski definition) is 1. The lowest BCUT2D eigenvalue weighted by molar-refractivity contribution is 0.102. The van der Waals surface area contributed by atoms with Crippen LogP contribution < -0.4 is 19.5 Å². The zero-order valence-corrected chi connectivity index (χ0v) is 14.2. The lowest BCUT2D eigenvalue weighted by atomic mass is 10.1. The fourth-order valence-electron chi connectivity index (χ4n) is 2.34.